The molecule has 0 bridgehead atoms. The topological polar surface area (TPSA) is 42.0 Å². The Labute approximate surface area is 181 Å². The van der Waals surface area contributed by atoms with E-state index >= 15 is 0 Å². The number of hydrogen-bond acceptors (Lipinski definition) is 3. The Balaban J connectivity index is 1.39. The van der Waals surface area contributed by atoms with Crippen LogP contribution in [-0.2, 0) is 11.2 Å². The normalized spacial score (nSPS) is 10.9. The molecule has 0 unspecified atom stereocenters. The average Bonchev–Trinajstić information content (AvgIpc) is 3.23. The SMILES string of the molecule is CC(C)c1ccc(CC(=O)Nc2nc(-c3ccc(-c4ccccc4)cc3)cs2)cc1. The number of hydrogen-bond donors (Lipinski definition) is 1. The molecule has 4 rings (SSSR count). The van der Waals surface area contributed by atoms with Crippen LogP contribution in [0.25, 0.3) is 22.4 Å². The Morgan fingerprint density at radius 2 is 1.50 bits per heavy atom. The zero-order valence-electron chi connectivity index (χ0n) is 17.1. The van der Waals surface area contributed by atoms with Crippen LogP contribution in [0.1, 0.15) is 30.9 Å². The van der Waals surface area contributed by atoms with Gasteiger partial charge in [-0.3, -0.25) is 4.79 Å². The Morgan fingerprint density at radius 3 is 2.17 bits per heavy atom. The van der Waals surface area contributed by atoms with Crippen LogP contribution in [0.5, 0.6) is 0 Å². The summed E-state index contributed by atoms with van der Waals surface area (Å²) in [6, 6.07) is 26.9. The first-order valence-corrected chi connectivity index (χ1v) is 11.0. The van der Waals surface area contributed by atoms with E-state index in [9.17, 15) is 4.79 Å². The van der Waals surface area contributed by atoms with Gasteiger partial charge in [0.2, 0.25) is 5.91 Å². The fourth-order valence-corrected chi connectivity index (χ4v) is 4.03. The van der Waals surface area contributed by atoms with E-state index in [1.807, 2.05) is 35.7 Å². The summed E-state index contributed by atoms with van der Waals surface area (Å²) in [6.07, 6.45) is 0.346. The van der Waals surface area contributed by atoms with Crippen LogP contribution >= 0.6 is 11.3 Å². The predicted octanol–water partition coefficient (Wildman–Crippen LogP) is 6.78. The maximum atomic E-state index is 12.4. The van der Waals surface area contributed by atoms with Gasteiger partial charge in [-0.05, 0) is 28.2 Å². The van der Waals surface area contributed by atoms with Crippen LogP contribution in [0, 0.1) is 0 Å². The maximum absolute atomic E-state index is 12.4. The zero-order chi connectivity index (χ0) is 20.9. The van der Waals surface area contributed by atoms with Crippen molar-refractivity contribution in [3.8, 4) is 22.4 Å². The van der Waals surface area contributed by atoms with Gasteiger partial charge in [0, 0.05) is 10.9 Å². The van der Waals surface area contributed by atoms with Crippen molar-refractivity contribution >= 4 is 22.4 Å². The van der Waals surface area contributed by atoms with Gasteiger partial charge in [0.15, 0.2) is 5.13 Å². The van der Waals surface area contributed by atoms with Gasteiger partial charge in [-0.2, -0.15) is 0 Å². The van der Waals surface area contributed by atoms with E-state index in [-0.39, 0.29) is 5.91 Å². The number of carbonyl (C=O) groups is 1. The highest BCUT2D eigenvalue weighted by molar-refractivity contribution is 7.14. The van der Waals surface area contributed by atoms with Crippen LogP contribution in [0.15, 0.2) is 84.2 Å². The van der Waals surface area contributed by atoms with Crippen molar-refractivity contribution < 1.29 is 4.79 Å². The van der Waals surface area contributed by atoms with Crippen LogP contribution in [0.2, 0.25) is 0 Å². The third-order valence-electron chi connectivity index (χ3n) is 5.05. The summed E-state index contributed by atoms with van der Waals surface area (Å²) in [5, 5.41) is 5.53. The molecule has 0 aliphatic rings. The molecule has 3 aromatic carbocycles. The lowest BCUT2D eigenvalue weighted by Gasteiger charge is -2.07. The fraction of sp³-hybridized carbons (Fsp3) is 0.154. The van der Waals surface area contributed by atoms with Gasteiger partial charge in [0.1, 0.15) is 0 Å². The summed E-state index contributed by atoms with van der Waals surface area (Å²) in [4.78, 5) is 17.0. The van der Waals surface area contributed by atoms with E-state index in [4.69, 9.17) is 0 Å². The first kappa shape index (κ1) is 20.0. The van der Waals surface area contributed by atoms with Crippen molar-refractivity contribution in [2.24, 2.45) is 0 Å². The number of amides is 1. The molecule has 0 saturated heterocycles. The molecule has 0 aliphatic heterocycles. The Kier molecular flexibility index (Phi) is 6.05. The molecule has 1 amide bonds. The first-order chi connectivity index (χ1) is 14.6. The third-order valence-corrected chi connectivity index (χ3v) is 5.81. The number of aromatic nitrogens is 1. The number of nitrogens with zero attached hydrogens (tertiary/aromatic N) is 1. The minimum Gasteiger partial charge on any atom is -0.302 e. The second-order valence-corrected chi connectivity index (χ2v) is 8.46. The van der Waals surface area contributed by atoms with Crippen LogP contribution < -0.4 is 5.32 Å². The standard InChI is InChI=1S/C26H24N2OS/c1-18(2)20-10-8-19(9-11-20)16-25(29)28-26-27-24(17-30-26)23-14-12-22(13-15-23)21-6-4-3-5-7-21/h3-15,17-18H,16H2,1-2H3,(H,27,28,29). The summed E-state index contributed by atoms with van der Waals surface area (Å²) >= 11 is 1.45. The largest absolute Gasteiger partial charge is 0.302 e. The third kappa shape index (κ3) is 4.84. The van der Waals surface area contributed by atoms with E-state index in [1.165, 1.54) is 28.0 Å². The molecule has 0 radical (unpaired) electrons. The molecule has 3 nitrogen and oxygen atoms in total. The Bertz CT molecular complexity index is 1110. The predicted molar refractivity (Wildman–Crippen MR) is 126 cm³/mol. The van der Waals surface area contributed by atoms with E-state index in [0.717, 1.165) is 16.8 Å². The van der Waals surface area contributed by atoms with Crippen molar-refractivity contribution in [2.45, 2.75) is 26.2 Å². The number of nitrogens with one attached hydrogen (secondary N) is 1. The molecule has 1 aromatic heterocycles. The van der Waals surface area contributed by atoms with Crippen molar-refractivity contribution in [3.05, 3.63) is 95.4 Å². The van der Waals surface area contributed by atoms with Crippen molar-refractivity contribution in [1.82, 2.24) is 4.98 Å². The first-order valence-electron chi connectivity index (χ1n) is 10.1. The molecule has 30 heavy (non-hydrogen) atoms. The van der Waals surface area contributed by atoms with Gasteiger partial charge in [-0.1, -0.05) is 92.7 Å². The minimum absolute atomic E-state index is 0.0485. The molecule has 150 valence electrons. The highest BCUT2D eigenvalue weighted by atomic mass is 32.1. The summed E-state index contributed by atoms with van der Waals surface area (Å²) in [6.45, 7) is 4.33. The van der Waals surface area contributed by atoms with Crippen LogP contribution in [0.3, 0.4) is 0 Å². The lowest BCUT2D eigenvalue weighted by molar-refractivity contribution is -0.115. The number of benzene rings is 3. The van der Waals surface area contributed by atoms with Gasteiger partial charge in [0.25, 0.3) is 0 Å². The van der Waals surface area contributed by atoms with Crippen molar-refractivity contribution in [2.75, 3.05) is 5.32 Å². The second-order valence-electron chi connectivity index (χ2n) is 7.60. The van der Waals surface area contributed by atoms with E-state index < -0.39 is 0 Å². The molecular weight excluding hydrogens is 388 g/mol. The summed E-state index contributed by atoms with van der Waals surface area (Å²) < 4.78 is 0. The molecule has 0 atom stereocenters. The second kappa shape index (κ2) is 9.06. The van der Waals surface area contributed by atoms with E-state index in [0.29, 0.717) is 17.5 Å². The minimum atomic E-state index is -0.0485. The molecule has 1 N–H and O–H groups in total. The van der Waals surface area contributed by atoms with E-state index in [2.05, 4.69) is 72.7 Å². The fourth-order valence-electron chi connectivity index (χ4n) is 3.30. The summed E-state index contributed by atoms with van der Waals surface area (Å²) in [5.74, 6) is 0.441. The van der Waals surface area contributed by atoms with Crippen LogP contribution in [-0.4, -0.2) is 10.9 Å². The quantitative estimate of drug-likeness (QED) is 0.379. The summed E-state index contributed by atoms with van der Waals surface area (Å²) in [5.41, 5.74) is 6.56. The molecule has 0 spiro atoms. The highest BCUT2D eigenvalue weighted by Crippen LogP contribution is 2.27. The van der Waals surface area contributed by atoms with Gasteiger partial charge in [0.05, 0.1) is 12.1 Å². The molecule has 0 saturated carbocycles. The van der Waals surface area contributed by atoms with Crippen LogP contribution in [0.4, 0.5) is 5.13 Å². The number of carbonyl (C=O) groups excluding carboxylic acids is 1. The monoisotopic (exact) mass is 412 g/mol. The Morgan fingerprint density at radius 1 is 0.867 bits per heavy atom. The van der Waals surface area contributed by atoms with Gasteiger partial charge in [-0.25, -0.2) is 4.98 Å². The smallest absolute Gasteiger partial charge is 0.230 e. The lowest BCUT2D eigenvalue weighted by atomic mass is 10.0. The highest BCUT2D eigenvalue weighted by Gasteiger charge is 2.10. The maximum Gasteiger partial charge on any atom is 0.230 e. The molecule has 1 heterocycles. The summed E-state index contributed by atoms with van der Waals surface area (Å²) in [7, 11) is 0. The van der Waals surface area contributed by atoms with Crippen molar-refractivity contribution in [3.63, 3.8) is 0 Å². The lowest BCUT2D eigenvalue weighted by Crippen LogP contribution is -2.14. The Hall–Kier alpha value is -3.24. The molecule has 0 fully saturated rings. The average molecular weight is 413 g/mol. The van der Waals surface area contributed by atoms with Gasteiger partial charge in [-0.15, -0.1) is 11.3 Å². The van der Waals surface area contributed by atoms with E-state index in [1.54, 1.807) is 0 Å². The van der Waals surface area contributed by atoms with Gasteiger partial charge >= 0.3 is 0 Å². The molecule has 4 aromatic rings. The zero-order valence-corrected chi connectivity index (χ0v) is 17.9. The molecule has 4 heteroatoms. The number of anilines is 1. The molecule has 0 aliphatic carbocycles. The van der Waals surface area contributed by atoms with Gasteiger partial charge < -0.3 is 5.32 Å². The van der Waals surface area contributed by atoms with Crippen molar-refractivity contribution in [1.29, 1.82) is 0 Å². The number of rotatable bonds is 6. The number of thiazole rings is 1. The molecular formula is C26H24N2OS.